The summed E-state index contributed by atoms with van der Waals surface area (Å²) in [4.78, 5) is 4.46. The molecule has 0 aromatic carbocycles. The van der Waals surface area contributed by atoms with Crippen LogP contribution in [0, 0.1) is 11.7 Å². The Kier molecular flexibility index (Phi) is 4.05. The van der Waals surface area contributed by atoms with E-state index in [2.05, 4.69) is 41.7 Å². The lowest BCUT2D eigenvalue weighted by molar-refractivity contribution is 0.485. The van der Waals surface area contributed by atoms with Crippen LogP contribution >= 0.6 is 15.9 Å². The van der Waals surface area contributed by atoms with Crippen molar-refractivity contribution in [2.75, 3.05) is 0 Å². The van der Waals surface area contributed by atoms with Crippen molar-refractivity contribution in [1.29, 1.82) is 0 Å². The maximum absolute atomic E-state index is 12.7. The summed E-state index contributed by atoms with van der Waals surface area (Å²) in [6, 6.07) is 3.23. The van der Waals surface area contributed by atoms with Gasteiger partial charge in [0.15, 0.2) is 0 Å². The number of nitrogens with zero attached hydrogens (tertiary/aromatic N) is 1. The van der Waals surface area contributed by atoms with E-state index in [0.717, 1.165) is 5.69 Å². The zero-order chi connectivity index (χ0) is 10.7. The highest BCUT2D eigenvalue weighted by atomic mass is 79.9. The molecule has 0 fully saturated rings. The number of halogens is 2. The average molecular weight is 260 g/mol. The standard InChI is InChI=1S/C11H15BrFN/c1-7(2)11(8(3)12)10-5-4-9(13)6-14-10/h4-8,11H,1-3H3. The van der Waals surface area contributed by atoms with Crippen LogP contribution < -0.4 is 0 Å². The number of pyridine rings is 1. The zero-order valence-corrected chi connectivity index (χ0v) is 10.3. The van der Waals surface area contributed by atoms with Gasteiger partial charge in [-0.1, -0.05) is 36.7 Å². The quantitative estimate of drug-likeness (QED) is 0.754. The van der Waals surface area contributed by atoms with Gasteiger partial charge in [0.25, 0.3) is 0 Å². The fourth-order valence-corrected chi connectivity index (χ4v) is 2.57. The number of aromatic nitrogens is 1. The fraction of sp³-hybridized carbons (Fsp3) is 0.545. The Balaban J connectivity index is 2.94. The zero-order valence-electron chi connectivity index (χ0n) is 8.67. The number of hydrogen-bond donors (Lipinski definition) is 0. The predicted molar refractivity (Wildman–Crippen MR) is 60.2 cm³/mol. The van der Waals surface area contributed by atoms with Crippen molar-refractivity contribution in [1.82, 2.24) is 4.98 Å². The van der Waals surface area contributed by atoms with E-state index in [1.54, 1.807) is 6.07 Å². The summed E-state index contributed by atoms with van der Waals surface area (Å²) >= 11 is 3.56. The summed E-state index contributed by atoms with van der Waals surface area (Å²) < 4.78 is 12.7. The Morgan fingerprint density at radius 2 is 1.93 bits per heavy atom. The molecular weight excluding hydrogens is 245 g/mol. The molecule has 0 N–H and O–H groups in total. The predicted octanol–water partition coefficient (Wildman–Crippen LogP) is 3.74. The van der Waals surface area contributed by atoms with E-state index in [1.807, 2.05) is 0 Å². The van der Waals surface area contributed by atoms with Gasteiger partial charge in [-0.15, -0.1) is 0 Å². The van der Waals surface area contributed by atoms with Crippen molar-refractivity contribution in [3.63, 3.8) is 0 Å². The second-order valence-corrected chi connectivity index (χ2v) is 5.29. The maximum atomic E-state index is 12.7. The molecule has 0 aliphatic carbocycles. The Hall–Kier alpha value is -0.440. The van der Waals surface area contributed by atoms with E-state index in [0.29, 0.717) is 16.7 Å². The van der Waals surface area contributed by atoms with E-state index < -0.39 is 0 Å². The third-order valence-electron chi connectivity index (χ3n) is 2.30. The third-order valence-corrected chi connectivity index (χ3v) is 2.87. The molecule has 1 rings (SSSR count). The molecule has 0 spiro atoms. The molecule has 0 amide bonds. The Bertz CT molecular complexity index is 274. The smallest absolute Gasteiger partial charge is 0.141 e. The summed E-state index contributed by atoms with van der Waals surface area (Å²) in [5, 5.41) is 0. The molecule has 1 heterocycles. The molecule has 0 aliphatic rings. The average Bonchev–Trinajstić information content (AvgIpc) is 2.07. The first-order valence-electron chi connectivity index (χ1n) is 4.78. The van der Waals surface area contributed by atoms with Gasteiger partial charge in [-0.2, -0.15) is 0 Å². The van der Waals surface area contributed by atoms with E-state index >= 15 is 0 Å². The van der Waals surface area contributed by atoms with Crippen molar-refractivity contribution < 1.29 is 4.39 Å². The Morgan fingerprint density at radius 1 is 1.29 bits per heavy atom. The molecule has 2 unspecified atom stereocenters. The molecule has 0 bridgehead atoms. The van der Waals surface area contributed by atoms with Gasteiger partial charge in [0.05, 0.1) is 6.20 Å². The van der Waals surface area contributed by atoms with Gasteiger partial charge in [0, 0.05) is 16.4 Å². The second-order valence-electron chi connectivity index (χ2n) is 3.85. The largest absolute Gasteiger partial charge is 0.258 e. The number of hydrogen-bond acceptors (Lipinski definition) is 1. The lowest BCUT2D eigenvalue weighted by Gasteiger charge is -2.22. The minimum absolute atomic E-state index is 0.279. The molecule has 2 atom stereocenters. The maximum Gasteiger partial charge on any atom is 0.141 e. The molecule has 0 saturated carbocycles. The highest BCUT2D eigenvalue weighted by Gasteiger charge is 2.21. The Morgan fingerprint density at radius 3 is 2.29 bits per heavy atom. The van der Waals surface area contributed by atoms with Gasteiger partial charge in [0.1, 0.15) is 5.82 Å². The topological polar surface area (TPSA) is 12.9 Å². The normalized spacial score (nSPS) is 15.6. The first-order chi connectivity index (χ1) is 6.52. The minimum atomic E-state index is -0.279. The van der Waals surface area contributed by atoms with E-state index in [4.69, 9.17) is 0 Å². The summed E-state index contributed by atoms with van der Waals surface area (Å²) in [5.74, 6) is 0.538. The summed E-state index contributed by atoms with van der Waals surface area (Å²) in [6.07, 6.45) is 1.28. The highest BCUT2D eigenvalue weighted by molar-refractivity contribution is 9.09. The first-order valence-corrected chi connectivity index (χ1v) is 5.69. The van der Waals surface area contributed by atoms with Gasteiger partial charge >= 0.3 is 0 Å². The van der Waals surface area contributed by atoms with Crippen LogP contribution in [0.15, 0.2) is 18.3 Å². The van der Waals surface area contributed by atoms with Gasteiger partial charge in [-0.3, -0.25) is 4.98 Å². The highest BCUT2D eigenvalue weighted by Crippen LogP contribution is 2.30. The van der Waals surface area contributed by atoms with Crippen LogP contribution in [0.4, 0.5) is 4.39 Å². The summed E-state index contributed by atoms with van der Waals surface area (Å²) in [6.45, 7) is 6.39. The fourth-order valence-electron chi connectivity index (χ4n) is 1.69. The van der Waals surface area contributed by atoms with Gasteiger partial charge in [0.2, 0.25) is 0 Å². The minimum Gasteiger partial charge on any atom is -0.258 e. The summed E-state index contributed by atoms with van der Waals surface area (Å²) in [5.41, 5.74) is 0.950. The van der Waals surface area contributed by atoms with Gasteiger partial charge in [-0.05, 0) is 18.1 Å². The first kappa shape index (κ1) is 11.6. The van der Waals surface area contributed by atoms with Gasteiger partial charge < -0.3 is 0 Å². The molecule has 0 radical (unpaired) electrons. The van der Waals surface area contributed by atoms with E-state index in [9.17, 15) is 4.39 Å². The van der Waals surface area contributed by atoms with Crippen LogP contribution in [0.2, 0.25) is 0 Å². The molecule has 1 aromatic rings. The lowest BCUT2D eigenvalue weighted by atomic mass is 9.90. The Labute approximate surface area is 92.9 Å². The van der Waals surface area contributed by atoms with Crippen molar-refractivity contribution in [3.8, 4) is 0 Å². The van der Waals surface area contributed by atoms with Crippen LogP contribution in [-0.4, -0.2) is 9.81 Å². The molecule has 1 nitrogen and oxygen atoms in total. The number of alkyl halides is 1. The van der Waals surface area contributed by atoms with Crippen LogP contribution in [0.3, 0.4) is 0 Å². The van der Waals surface area contributed by atoms with Crippen molar-refractivity contribution in [2.24, 2.45) is 5.92 Å². The molecule has 78 valence electrons. The van der Waals surface area contributed by atoms with Crippen molar-refractivity contribution >= 4 is 15.9 Å². The van der Waals surface area contributed by atoms with Crippen molar-refractivity contribution in [3.05, 3.63) is 29.8 Å². The third kappa shape index (κ3) is 2.77. The van der Waals surface area contributed by atoms with Crippen molar-refractivity contribution in [2.45, 2.75) is 31.5 Å². The SMILES string of the molecule is CC(C)C(c1ccc(F)cn1)C(C)Br. The summed E-state index contributed by atoms with van der Waals surface area (Å²) in [7, 11) is 0. The molecule has 1 aromatic heterocycles. The number of rotatable bonds is 3. The molecule has 3 heteroatoms. The monoisotopic (exact) mass is 259 g/mol. The molecule has 14 heavy (non-hydrogen) atoms. The van der Waals surface area contributed by atoms with E-state index in [-0.39, 0.29) is 5.82 Å². The van der Waals surface area contributed by atoms with E-state index in [1.165, 1.54) is 12.3 Å². The molecule has 0 saturated heterocycles. The second kappa shape index (κ2) is 4.87. The molecule has 0 aliphatic heterocycles. The molecular formula is C11H15BrFN. The van der Waals surface area contributed by atoms with Gasteiger partial charge in [-0.25, -0.2) is 4.39 Å². The van der Waals surface area contributed by atoms with Crippen LogP contribution in [-0.2, 0) is 0 Å². The van der Waals surface area contributed by atoms with Crippen LogP contribution in [0.5, 0.6) is 0 Å². The van der Waals surface area contributed by atoms with Crippen LogP contribution in [0.25, 0.3) is 0 Å². The van der Waals surface area contributed by atoms with Crippen LogP contribution in [0.1, 0.15) is 32.4 Å². The lowest BCUT2D eigenvalue weighted by Crippen LogP contribution is -2.16.